The molecule has 0 saturated carbocycles. The number of nitrogens with zero attached hydrogens (tertiary/aromatic N) is 3. The Hall–Kier alpha value is -1.30. The Morgan fingerprint density at radius 3 is 2.53 bits per heavy atom. The maximum atomic E-state index is 13.4. The van der Waals surface area contributed by atoms with Crippen LogP contribution in [-0.2, 0) is 11.2 Å². The van der Waals surface area contributed by atoms with Crippen LogP contribution >= 0.6 is 35.3 Å². The number of benzene rings is 1. The van der Waals surface area contributed by atoms with Gasteiger partial charge in [-0.1, -0.05) is 12.1 Å². The summed E-state index contributed by atoms with van der Waals surface area (Å²) in [5.74, 6) is 0.544. The van der Waals surface area contributed by atoms with E-state index in [0.717, 1.165) is 61.5 Å². The molecular weight excluding hydrogens is 516 g/mol. The molecule has 3 rings (SSSR count). The molecule has 30 heavy (non-hydrogen) atoms. The van der Waals surface area contributed by atoms with Crippen molar-refractivity contribution in [3.63, 3.8) is 0 Å². The molecule has 1 atom stereocenters. The normalized spacial score (nSPS) is 16.1. The van der Waals surface area contributed by atoms with Crippen LogP contribution in [0.25, 0.3) is 0 Å². The molecule has 1 aliphatic heterocycles. The SMILES string of the molecule is CN=C(NCCc1nc(C)c(C)s1)NCC(c1ccc(F)cc1)N1CCOCC1.I. The predicted octanol–water partition coefficient (Wildman–Crippen LogP) is 3.30. The van der Waals surface area contributed by atoms with E-state index in [1.54, 1.807) is 18.4 Å². The average molecular weight is 547 g/mol. The lowest BCUT2D eigenvalue weighted by atomic mass is 10.0. The predicted molar refractivity (Wildman–Crippen MR) is 132 cm³/mol. The molecule has 0 bridgehead atoms. The zero-order chi connectivity index (χ0) is 20.6. The van der Waals surface area contributed by atoms with Gasteiger partial charge in [-0.15, -0.1) is 35.3 Å². The Balaban J connectivity index is 0.00000320. The van der Waals surface area contributed by atoms with E-state index in [9.17, 15) is 4.39 Å². The number of thiazole rings is 1. The van der Waals surface area contributed by atoms with E-state index >= 15 is 0 Å². The lowest BCUT2D eigenvalue weighted by Gasteiger charge is -2.35. The van der Waals surface area contributed by atoms with Crippen LogP contribution in [0.5, 0.6) is 0 Å². The van der Waals surface area contributed by atoms with Gasteiger partial charge in [-0.3, -0.25) is 9.89 Å². The van der Waals surface area contributed by atoms with Crippen LogP contribution in [0.2, 0.25) is 0 Å². The number of aliphatic imine (C=N–C) groups is 1. The van der Waals surface area contributed by atoms with Gasteiger partial charge >= 0.3 is 0 Å². The van der Waals surface area contributed by atoms with E-state index in [1.807, 2.05) is 19.1 Å². The van der Waals surface area contributed by atoms with Gasteiger partial charge in [0, 0.05) is 44.5 Å². The van der Waals surface area contributed by atoms with Gasteiger partial charge in [0.05, 0.1) is 30.0 Å². The van der Waals surface area contributed by atoms with Gasteiger partial charge in [-0.05, 0) is 31.5 Å². The highest BCUT2D eigenvalue weighted by Gasteiger charge is 2.23. The molecule has 1 fully saturated rings. The fraction of sp³-hybridized carbons (Fsp3) is 0.524. The molecule has 0 aliphatic carbocycles. The van der Waals surface area contributed by atoms with Crippen LogP contribution in [0, 0.1) is 19.7 Å². The van der Waals surface area contributed by atoms with Gasteiger partial charge in [0.2, 0.25) is 0 Å². The van der Waals surface area contributed by atoms with Crippen molar-refractivity contribution < 1.29 is 9.13 Å². The van der Waals surface area contributed by atoms with Crippen LogP contribution in [0.4, 0.5) is 4.39 Å². The van der Waals surface area contributed by atoms with E-state index in [2.05, 4.69) is 32.4 Å². The summed E-state index contributed by atoms with van der Waals surface area (Å²) in [4.78, 5) is 12.6. The minimum absolute atomic E-state index is 0. The Morgan fingerprint density at radius 1 is 1.23 bits per heavy atom. The molecule has 0 spiro atoms. The van der Waals surface area contributed by atoms with Crippen molar-refractivity contribution in [3.8, 4) is 0 Å². The molecule has 1 unspecified atom stereocenters. The highest BCUT2D eigenvalue weighted by Crippen LogP contribution is 2.21. The first-order chi connectivity index (χ1) is 14.1. The fourth-order valence-electron chi connectivity index (χ4n) is 3.38. The van der Waals surface area contributed by atoms with Crippen molar-refractivity contribution >= 4 is 41.3 Å². The molecule has 0 amide bonds. The highest BCUT2D eigenvalue weighted by molar-refractivity contribution is 14.0. The smallest absolute Gasteiger partial charge is 0.191 e. The Labute approximate surface area is 199 Å². The minimum Gasteiger partial charge on any atom is -0.379 e. The molecule has 2 heterocycles. The molecule has 2 N–H and O–H groups in total. The summed E-state index contributed by atoms with van der Waals surface area (Å²) < 4.78 is 18.9. The maximum absolute atomic E-state index is 13.4. The molecular formula is C21H31FIN5OS. The number of guanidine groups is 1. The van der Waals surface area contributed by atoms with Crippen LogP contribution < -0.4 is 10.6 Å². The van der Waals surface area contributed by atoms with Gasteiger partial charge in [0.15, 0.2) is 5.96 Å². The van der Waals surface area contributed by atoms with Crippen LogP contribution in [0.3, 0.4) is 0 Å². The summed E-state index contributed by atoms with van der Waals surface area (Å²) in [7, 11) is 1.77. The van der Waals surface area contributed by atoms with E-state index in [0.29, 0.717) is 6.54 Å². The third-order valence-corrected chi connectivity index (χ3v) is 6.26. The van der Waals surface area contributed by atoms with Gasteiger partial charge < -0.3 is 15.4 Å². The number of morpholine rings is 1. The Morgan fingerprint density at radius 2 is 1.93 bits per heavy atom. The molecule has 6 nitrogen and oxygen atoms in total. The standard InChI is InChI=1S/C21H30FN5OS.HI/c1-15-16(2)29-20(26-15)8-9-24-21(23-3)25-14-19(27-10-12-28-13-11-27)17-4-6-18(22)7-5-17;/h4-7,19H,8-14H2,1-3H3,(H2,23,24,25);1H. The summed E-state index contributed by atoms with van der Waals surface area (Å²) in [5.41, 5.74) is 2.20. The van der Waals surface area contributed by atoms with E-state index < -0.39 is 0 Å². The Kier molecular flexibility index (Phi) is 10.4. The number of halogens is 2. The molecule has 0 radical (unpaired) electrons. The molecule has 1 aromatic heterocycles. The molecule has 1 saturated heterocycles. The van der Waals surface area contributed by atoms with Gasteiger partial charge in [0.25, 0.3) is 0 Å². The van der Waals surface area contributed by atoms with Crippen LogP contribution in [0.1, 0.15) is 27.2 Å². The zero-order valence-electron chi connectivity index (χ0n) is 17.8. The summed E-state index contributed by atoms with van der Waals surface area (Å²) in [6, 6.07) is 6.89. The zero-order valence-corrected chi connectivity index (χ0v) is 20.9. The van der Waals surface area contributed by atoms with E-state index in [-0.39, 0.29) is 35.8 Å². The first kappa shape index (κ1) is 25.0. The molecule has 2 aromatic rings. The first-order valence-corrected chi connectivity index (χ1v) is 10.8. The number of hydrogen-bond donors (Lipinski definition) is 2. The second kappa shape index (κ2) is 12.5. The quantitative estimate of drug-likeness (QED) is 0.317. The number of aromatic nitrogens is 1. The minimum atomic E-state index is -0.215. The van der Waals surface area contributed by atoms with E-state index in [4.69, 9.17) is 4.74 Å². The summed E-state index contributed by atoms with van der Waals surface area (Å²) in [5, 5.41) is 7.94. The third kappa shape index (κ3) is 7.14. The number of ether oxygens (including phenoxy) is 1. The third-order valence-electron chi connectivity index (χ3n) is 5.13. The van der Waals surface area contributed by atoms with Gasteiger partial charge in [-0.2, -0.15) is 0 Å². The molecule has 1 aliphatic rings. The van der Waals surface area contributed by atoms with Gasteiger partial charge in [0.1, 0.15) is 5.82 Å². The van der Waals surface area contributed by atoms with Crippen molar-refractivity contribution in [2.45, 2.75) is 26.3 Å². The number of rotatable bonds is 7. The molecule has 1 aromatic carbocycles. The van der Waals surface area contributed by atoms with E-state index in [1.165, 1.54) is 17.0 Å². The second-order valence-corrected chi connectivity index (χ2v) is 8.38. The average Bonchev–Trinajstić information content (AvgIpc) is 3.06. The number of aryl methyl sites for hydroxylation is 2. The van der Waals surface area contributed by atoms with Crippen molar-refractivity contribution in [3.05, 3.63) is 51.2 Å². The van der Waals surface area contributed by atoms with Crippen molar-refractivity contribution in [2.24, 2.45) is 4.99 Å². The number of nitrogens with one attached hydrogen (secondary N) is 2. The summed E-state index contributed by atoms with van der Waals surface area (Å²) in [6.45, 7) is 8.76. The van der Waals surface area contributed by atoms with Crippen molar-refractivity contribution in [1.29, 1.82) is 0 Å². The van der Waals surface area contributed by atoms with Crippen molar-refractivity contribution in [2.75, 3.05) is 46.4 Å². The lowest BCUT2D eigenvalue weighted by Crippen LogP contribution is -2.46. The first-order valence-electron chi connectivity index (χ1n) is 10.0. The fourth-order valence-corrected chi connectivity index (χ4v) is 4.31. The summed E-state index contributed by atoms with van der Waals surface area (Å²) in [6.07, 6.45) is 0.866. The topological polar surface area (TPSA) is 61.8 Å². The van der Waals surface area contributed by atoms with Gasteiger partial charge in [-0.25, -0.2) is 9.37 Å². The van der Waals surface area contributed by atoms with Crippen LogP contribution in [-0.4, -0.2) is 62.3 Å². The Bertz CT molecular complexity index is 789. The summed E-state index contributed by atoms with van der Waals surface area (Å²) >= 11 is 1.75. The monoisotopic (exact) mass is 547 g/mol. The maximum Gasteiger partial charge on any atom is 0.191 e. The second-order valence-electron chi connectivity index (χ2n) is 7.09. The largest absolute Gasteiger partial charge is 0.379 e. The lowest BCUT2D eigenvalue weighted by molar-refractivity contribution is 0.0170. The molecule has 166 valence electrons. The molecule has 9 heteroatoms. The van der Waals surface area contributed by atoms with Crippen molar-refractivity contribution in [1.82, 2.24) is 20.5 Å². The highest BCUT2D eigenvalue weighted by atomic mass is 127. The number of hydrogen-bond acceptors (Lipinski definition) is 5. The van der Waals surface area contributed by atoms with Crippen LogP contribution in [0.15, 0.2) is 29.3 Å².